The Labute approximate surface area is 98.7 Å². The van der Waals surface area contributed by atoms with Crippen molar-refractivity contribution in [2.24, 2.45) is 0 Å². The zero-order valence-corrected chi connectivity index (χ0v) is 9.73. The van der Waals surface area contributed by atoms with Crippen molar-refractivity contribution in [3.8, 4) is 0 Å². The normalized spacial score (nSPS) is 8.64. The second kappa shape index (κ2) is 11.1. The van der Waals surface area contributed by atoms with E-state index < -0.39 is 4.30 Å². The average Bonchev–Trinajstić information content (AvgIpc) is 2.06. The monoisotopic (exact) mass is 258 g/mol. The van der Waals surface area contributed by atoms with E-state index in [1.807, 2.05) is 30.3 Å². The fourth-order valence-corrected chi connectivity index (χ4v) is 0.774. The topological polar surface area (TPSA) is 51.7 Å². The number of hydrogen-bond acceptors (Lipinski definition) is 1. The van der Waals surface area contributed by atoms with Crippen molar-refractivity contribution in [1.29, 1.82) is 0 Å². The maximum atomic E-state index is 8.52. The van der Waals surface area contributed by atoms with Crippen LogP contribution in [0, 0.1) is 0 Å². The van der Waals surface area contributed by atoms with Crippen molar-refractivity contribution >= 4 is 34.8 Å². The summed E-state index contributed by atoms with van der Waals surface area (Å²) >= 11 is 14.4. The maximum Gasteiger partial charge on any atom is 0.180 e. The molecular weight excluding hydrogens is 246 g/mol. The van der Waals surface area contributed by atoms with Gasteiger partial charge in [0.1, 0.15) is 0 Å². The zero-order valence-electron chi connectivity index (χ0n) is 7.46. The number of rotatable bonds is 2. The predicted octanol–water partition coefficient (Wildman–Crippen LogP) is 2.38. The molecule has 3 N–H and O–H groups in total. The molecule has 2 nitrogen and oxygen atoms in total. The Balaban J connectivity index is 0. The van der Waals surface area contributed by atoms with Crippen LogP contribution in [-0.2, 0) is 6.42 Å². The maximum absolute atomic E-state index is 8.52. The first kappa shape index (κ1) is 16.4. The summed E-state index contributed by atoms with van der Waals surface area (Å²) in [7, 11) is 0. The quantitative estimate of drug-likeness (QED) is 0.815. The van der Waals surface area contributed by atoms with Crippen molar-refractivity contribution in [1.82, 2.24) is 0 Å². The Kier molecular flexibility index (Phi) is 13.0. The third-order valence-corrected chi connectivity index (χ3v) is 1.24. The van der Waals surface area contributed by atoms with Crippen LogP contribution in [0.25, 0.3) is 0 Å². The second-order valence-corrected chi connectivity index (χ2v) is 4.19. The minimum Gasteiger partial charge on any atom is -0.412 e. The van der Waals surface area contributed by atoms with E-state index in [0.29, 0.717) is 0 Å². The van der Waals surface area contributed by atoms with Crippen LogP contribution in [0.1, 0.15) is 5.56 Å². The average molecular weight is 260 g/mol. The lowest BCUT2D eigenvalue weighted by Crippen LogP contribution is -1.88. The SMILES string of the molecule is ClC(Cl)Cl.O.OCCc1ccccc1. The highest BCUT2D eigenvalue weighted by atomic mass is 35.6. The summed E-state index contributed by atoms with van der Waals surface area (Å²) < 4.78 is -0.750. The molecule has 14 heavy (non-hydrogen) atoms. The molecule has 0 radical (unpaired) electrons. The van der Waals surface area contributed by atoms with Gasteiger partial charge < -0.3 is 10.6 Å². The molecule has 0 aliphatic carbocycles. The fraction of sp³-hybridized carbons (Fsp3) is 0.333. The number of alkyl halides is 3. The largest absolute Gasteiger partial charge is 0.412 e. The molecule has 0 atom stereocenters. The van der Waals surface area contributed by atoms with Gasteiger partial charge in [-0.05, 0) is 12.0 Å². The predicted molar refractivity (Wildman–Crippen MR) is 62.2 cm³/mol. The van der Waals surface area contributed by atoms with Gasteiger partial charge in [-0.1, -0.05) is 65.1 Å². The van der Waals surface area contributed by atoms with Gasteiger partial charge in [0.2, 0.25) is 0 Å². The van der Waals surface area contributed by atoms with E-state index in [1.54, 1.807) is 0 Å². The van der Waals surface area contributed by atoms with Gasteiger partial charge in [0.25, 0.3) is 0 Å². The molecule has 0 bridgehead atoms. The molecule has 0 spiro atoms. The molecule has 0 heterocycles. The van der Waals surface area contributed by atoms with Gasteiger partial charge in [-0.15, -0.1) is 0 Å². The smallest absolute Gasteiger partial charge is 0.180 e. The molecule has 0 aliphatic heterocycles. The Morgan fingerprint density at radius 3 is 1.86 bits per heavy atom. The zero-order chi connectivity index (χ0) is 10.1. The summed E-state index contributed by atoms with van der Waals surface area (Å²) in [6.07, 6.45) is 0.765. The van der Waals surface area contributed by atoms with Gasteiger partial charge in [-0.25, -0.2) is 0 Å². The summed E-state index contributed by atoms with van der Waals surface area (Å²) in [5.41, 5.74) is 1.19. The van der Waals surface area contributed by atoms with Gasteiger partial charge >= 0.3 is 0 Å². The molecule has 0 unspecified atom stereocenters. The first-order chi connectivity index (χ1) is 6.16. The first-order valence-electron chi connectivity index (χ1n) is 3.74. The highest BCUT2D eigenvalue weighted by molar-refractivity contribution is 6.63. The van der Waals surface area contributed by atoms with Crippen LogP contribution in [0.2, 0.25) is 0 Å². The van der Waals surface area contributed by atoms with Crippen molar-refractivity contribution in [3.63, 3.8) is 0 Å². The van der Waals surface area contributed by atoms with E-state index in [-0.39, 0.29) is 12.1 Å². The van der Waals surface area contributed by atoms with Gasteiger partial charge in [0.05, 0.1) is 0 Å². The molecule has 1 rings (SSSR count). The van der Waals surface area contributed by atoms with Crippen LogP contribution in [-0.4, -0.2) is 21.5 Å². The minimum atomic E-state index is -0.750. The summed E-state index contributed by atoms with van der Waals surface area (Å²) in [6, 6.07) is 9.95. The second-order valence-electron chi connectivity index (χ2n) is 2.21. The van der Waals surface area contributed by atoms with E-state index in [1.165, 1.54) is 5.56 Å². The lowest BCUT2D eigenvalue weighted by Gasteiger charge is -1.93. The molecule has 1 aromatic rings. The van der Waals surface area contributed by atoms with E-state index in [4.69, 9.17) is 39.9 Å². The van der Waals surface area contributed by atoms with E-state index in [2.05, 4.69) is 0 Å². The van der Waals surface area contributed by atoms with E-state index >= 15 is 0 Å². The molecule has 5 heteroatoms. The Bertz CT molecular complexity index is 202. The first-order valence-corrected chi connectivity index (χ1v) is 5.04. The molecular formula is C9H13Cl3O2. The van der Waals surface area contributed by atoms with Crippen molar-refractivity contribution in [3.05, 3.63) is 35.9 Å². The van der Waals surface area contributed by atoms with Crippen molar-refractivity contribution < 1.29 is 10.6 Å². The Hall–Kier alpha value is 0.01000. The lowest BCUT2D eigenvalue weighted by molar-refractivity contribution is 0.299. The van der Waals surface area contributed by atoms with E-state index in [9.17, 15) is 0 Å². The lowest BCUT2D eigenvalue weighted by atomic mass is 10.2. The third-order valence-electron chi connectivity index (χ3n) is 1.24. The fourth-order valence-electron chi connectivity index (χ4n) is 0.774. The number of hydrogen-bond donors (Lipinski definition) is 1. The van der Waals surface area contributed by atoms with Crippen LogP contribution in [0.3, 0.4) is 0 Å². The van der Waals surface area contributed by atoms with Gasteiger partial charge in [0.15, 0.2) is 4.30 Å². The molecule has 0 aromatic heterocycles. The van der Waals surface area contributed by atoms with Crippen LogP contribution >= 0.6 is 34.8 Å². The highest BCUT2D eigenvalue weighted by Gasteiger charge is 1.85. The number of halogens is 3. The van der Waals surface area contributed by atoms with Gasteiger partial charge in [0, 0.05) is 6.61 Å². The Morgan fingerprint density at radius 2 is 1.50 bits per heavy atom. The molecule has 82 valence electrons. The van der Waals surface area contributed by atoms with Crippen LogP contribution in [0.4, 0.5) is 0 Å². The molecule has 0 aliphatic rings. The number of aliphatic hydroxyl groups is 1. The van der Waals surface area contributed by atoms with Crippen LogP contribution < -0.4 is 0 Å². The molecule has 0 fully saturated rings. The summed E-state index contributed by atoms with van der Waals surface area (Å²) in [5, 5.41) is 8.52. The number of aliphatic hydroxyl groups excluding tert-OH is 1. The molecule has 0 saturated heterocycles. The molecule has 0 saturated carbocycles. The molecule has 1 aromatic carbocycles. The van der Waals surface area contributed by atoms with E-state index in [0.717, 1.165) is 6.42 Å². The van der Waals surface area contributed by atoms with Crippen molar-refractivity contribution in [2.75, 3.05) is 6.61 Å². The molecule has 0 amide bonds. The minimum absolute atomic E-state index is 0. The van der Waals surface area contributed by atoms with Crippen LogP contribution in [0.5, 0.6) is 0 Å². The van der Waals surface area contributed by atoms with Crippen molar-refractivity contribution in [2.45, 2.75) is 10.7 Å². The summed E-state index contributed by atoms with van der Waals surface area (Å²) in [5.74, 6) is 0. The standard InChI is InChI=1S/C8H10O.CHCl3.H2O/c9-7-6-8-4-2-1-3-5-8;2-1(3)4;/h1-5,9H,6-7H2;1H;1H2. The third kappa shape index (κ3) is 12.0. The highest BCUT2D eigenvalue weighted by Crippen LogP contribution is 2.03. The van der Waals surface area contributed by atoms with Gasteiger partial charge in [-0.3, -0.25) is 0 Å². The number of benzene rings is 1. The Morgan fingerprint density at radius 1 is 1.07 bits per heavy atom. The van der Waals surface area contributed by atoms with Crippen LogP contribution in [0.15, 0.2) is 30.3 Å². The summed E-state index contributed by atoms with van der Waals surface area (Å²) in [6.45, 7) is 0.240. The summed E-state index contributed by atoms with van der Waals surface area (Å²) in [4.78, 5) is 0. The van der Waals surface area contributed by atoms with Gasteiger partial charge in [-0.2, -0.15) is 0 Å².